The van der Waals surface area contributed by atoms with Crippen molar-refractivity contribution in [1.29, 1.82) is 0 Å². The van der Waals surface area contributed by atoms with E-state index in [0.717, 1.165) is 35.8 Å². The van der Waals surface area contributed by atoms with Gasteiger partial charge in [-0.2, -0.15) is 0 Å². The summed E-state index contributed by atoms with van der Waals surface area (Å²) < 4.78 is 0.951. The van der Waals surface area contributed by atoms with E-state index in [1.165, 1.54) is 0 Å². The first kappa shape index (κ1) is 17.2. The van der Waals surface area contributed by atoms with Crippen LogP contribution in [0.2, 0.25) is 0 Å². The van der Waals surface area contributed by atoms with Crippen molar-refractivity contribution in [3.63, 3.8) is 0 Å². The minimum Gasteiger partial charge on any atom is -0.304 e. The first-order valence-electron chi connectivity index (χ1n) is 7.62. The van der Waals surface area contributed by atoms with Crippen LogP contribution >= 0.6 is 15.9 Å². The number of anilines is 1. The highest BCUT2D eigenvalue weighted by Gasteiger charge is 2.39. The van der Waals surface area contributed by atoms with E-state index in [1.54, 1.807) is 4.90 Å². The second kappa shape index (κ2) is 6.92. The predicted octanol–water partition coefficient (Wildman–Crippen LogP) is 3.24. The molecule has 22 heavy (non-hydrogen) atoms. The van der Waals surface area contributed by atoms with E-state index in [9.17, 15) is 9.59 Å². The molecule has 1 fully saturated rings. The number of rotatable bonds is 4. The van der Waals surface area contributed by atoms with E-state index >= 15 is 0 Å². The van der Waals surface area contributed by atoms with Gasteiger partial charge < -0.3 is 9.69 Å². The van der Waals surface area contributed by atoms with E-state index in [1.807, 2.05) is 24.3 Å². The fourth-order valence-corrected chi connectivity index (χ4v) is 3.29. The van der Waals surface area contributed by atoms with Gasteiger partial charge in [-0.3, -0.25) is 9.69 Å². The molecule has 1 heterocycles. The Kier molecular flexibility index (Phi) is 5.40. The third-order valence-electron chi connectivity index (χ3n) is 4.06. The molecule has 1 aliphatic rings. The molecule has 120 valence electrons. The summed E-state index contributed by atoms with van der Waals surface area (Å²) in [5, 5.41) is 0. The SMILES string of the molecule is CC(C)(C)N1CCCC1C(=O)N(CC=O)c1ccc(Br)cc1. The maximum atomic E-state index is 13.0. The first-order valence-corrected chi connectivity index (χ1v) is 8.41. The second-order valence-electron chi connectivity index (χ2n) is 6.61. The van der Waals surface area contributed by atoms with Gasteiger partial charge in [-0.25, -0.2) is 0 Å². The van der Waals surface area contributed by atoms with Gasteiger partial charge in [0, 0.05) is 15.7 Å². The van der Waals surface area contributed by atoms with Crippen LogP contribution in [0, 0.1) is 0 Å². The van der Waals surface area contributed by atoms with Crippen LogP contribution in [0.25, 0.3) is 0 Å². The molecular formula is C17H23BrN2O2. The highest BCUT2D eigenvalue weighted by atomic mass is 79.9. The van der Waals surface area contributed by atoms with E-state index in [-0.39, 0.29) is 24.0 Å². The second-order valence-corrected chi connectivity index (χ2v) is 7.53. The van der Waals surface area contributed by atoms with E-state index < -0.39 is 0 Å². The number of amides is 1. The van der Waals surface area contributed by atoms with Crippen molar-refractivity contribution in [1.82, 2.24) is 4.90 Å². The molecule has 0 N–H and O–H groups in total. The summed E-state index contributed by atoms with van der Waals surface area (Å²) in [7, 11) is 0. The first-order chi connectivity index (χ1) is 10.3. The molecule has 0 aliphatic carbocycles. The minimum absolute atomic E-state index is 0.0156. The van der Waals surface area contributed by atoms with E-state index in [2.05, 4.69) is 41.6 Å². The summed E-state index contributed by atoms with van der Waals surface area (Å²) in [5.74, 6) is 0.0156. The van der Waals surface area contributed by atoms with Gasteiger partial charge in [-0.15, -0.1) is 0 Å². The average molecular weight is 367 g/mol. The summed E-state index contributed by atoms with van der Waals surface area (Å²) in [5.41, 5.74) is 0.713. The van der Waals surface area contributed by atoms with Crippen LogP contribution in [0.3, 0.4) is 0 Å². The highest BCUT2D eigenvalue weighted by Crippen LogP contribution is 2.29. The van der Waals surface area contributed by atoms with Crippen LogP contribution in [-0.2, 0) is 9.59 Å². The Morgan fingerprint density at radius 2 is 2.00 bits per heavy atom. The Morgan fingerprint density at radius 1 is 1.36 bits per heavy atom. The van der Waals surface area contributed by atoms with E-state index in [4.69, 9.17) is 0 Å². The van der Waals surface area contributed by atoms with Crippen molar-refractivity contribution >= 4 is 33.8 Å². The van der Waals surface area contributed by atoms with Gasteiger partial charge in [-0.1, -0.05) is 15.9 Å². The molecule has 1 atom stereocenters. The summed E-state index contributed by atoms with van der Waals surface area (Å²) in [6.45, 7) is 7.40. The fraction of sp³-hybridized carbons (Fsp3) is 0.529. The van der Waals surface area contributed by atoms with Crippen molar-refractivity contribution in [3.05, 3.63) is 28.7 Å². The van der Waals surface area contributed by atoms with Gasteiger partial charge in [0.25, 0.3) is 0 Å². The summed E-state index contributed by atoms with van der Waals surface area (Å²) in [6.07, 6.45) is 2.65. The molecule has 0 spiro atoms. The molecular weight excluding hydrogens is 344 g/mol. The van der Waals surface area contributed by atoms with Gasteiger partial charge in [0.15, 0.2) is 0 Å². The number of hydrogen-bond acceptors (Lipinski definition) is 3. The van der Waals surface area contributed by atoms with Crippen LogP contribution < -0.4 is 4.90 Å². The number of benzene rings is 1. The number of halogens is 1. The Balaban J connectivity index is 2.26. The smallest absolute Gasteiger partial charge is 0.244 e. The molecule has 0 saturated carbocycles. The van der Waals surface area contributed by atoms with Crippen molar-refractivity contribution in [2.45, 2.75) is 45.2 Å². The van der Waals surface area contributed by atoms with Gasteiger partial charge in [0.05, 0.1) is 12.6 Å². The Labute approximate surface area is 140 Å². The lowest BCUT2D eigenvalue weighted by atomic mass is 10.0. The zero-order valence-electron chi connectivity index (χ0n) is 13.4. The topological polar surface area (TPSA) is 40.6 Å². The molecule has 1 unspecified atom stereocenters. The lowest BCUT2D eigenvalue weighted by Crippen LogP contribution is -2.52. The molecule has 1 aliphatic heterocycles. The van der Waals surface area contributed by atoms with Crippen molar-refractivity contribution in [2.24, 2.45) is 0 Å². The van der Waals surface area contributed by atoms with Crippen molar-refractivity contribution in [3.8, 4) is 0 Å². The molecule has 0 aromatic heterocycles. The standard InChI is InChI=1S/C17H23BrN2O2/c1-17(2,3)20-10-4-5-15(20)16(22)19(11-12-21)14-8-6-13(18)7-9-14/h6-9,12,15H,4-5,10-11H2,1-3H3. The van der Waals surface area contributed by atoms with Crippen LogP contribution in [0.15, 0.2) is 28.7 Å². The molecule has 5 heteroatoms. The monoisotopic (exact) mass is 366 g/mol. The lowest BCUT2D eigenvalue weighted by molar-refractivity contribution is -0.125. The van der Waals surface area contributed by atoms with Crippen LogP contribution in [-0.4, -0.2) is 41.8 Å². The molecule has 4 nitrogen and oxygen atoms in total. The molecule has 1 saturated heterocycles. The maximum absolute atomic E-state index is 13.0. The zero-order valence-corrected chi connectivity index (χ0v) is 15.0. The average Bonchev–Trinajstić information content (AvgIpc) is 2.95. The molecule has 2 rings (SSSR count). The predicted molar refractivity (Wildman–Crippen MR) is 92.0 cm³/mol. The lowest BCUT2D eigenvalue weighted by Gasteiger charge is -2.38. The summed E-state index contributed by atoms with van der Waals surface area (Å²) in [4.78, 5) is 27.9. The Bertz CT molecular complexity index is 537. The number of hydrogen-bond donors (Lipinski definition) is 0. The largest absolute Gasteiger partial charge is 0.304 e. The normalized spacial score (nSPS) is 19.2. The molecule has 1 aromatic rings. The van der Waals surface area contributed by atoms with E-state index in [0.29, 0.717) is 0 Å². The van der Waals surface area contributed by atoms with Crippen LogP contribution in [0.4, 0.5) is 5.69 Å². The number of carbonyl (C=O) groups is 2. The molecule has 0 bridgehead atoms. The van der Waals surface area contributed by atoms with Gasteiger partial charge in [0.1, 0.15) is 6.29 Å². The minimum atomic E-state index is -0.149. The number of nitrogens with zero attached hydrogens (tertiary/aromatic N) is 2. The number of likely N-dealkylation sites (tertiary alicyclic amines) is 1. The van der Waals surface area contributed by atoms with Gasteiger partial charge in [0.2, 0.25) is 5.91 Å². The number of aldehydes is 1. The molecule has 1 amide bonds. The zero-order chi connectivity index (χ0) is 16.3. The fourth-order valence-electron chi connectivity index (χ4n) is 3.02. The third-order valence-corrected chi connectivity index (χ3v) is 4.59. The van der Waals surface area contributed by atoms with Crippen LogP contribution in [0.1, 0.15) is 33.6 Å². The highest BCUT2D eigenvalue weighted by molar-refractivity contribution is 9.10. The Hall–Kier alpha value is -1.20. The summed E-state index contributed by atoms with van der Waals surface area (Å²) in [6, 6.07) is 7.35. The van der Waals surface area contributed by atoms with Crippen molar-refractivity contribution < 1.29 is 9.59 Å². The third kappa shape index (κ3) is 3.76. The molecule has 0 radical (unpaired) electrons. The van der Waals surface area contributed by atoms with Crippen molar-refractivity contribution in [2.75, 3.05) is 18.0 Å². The number of carbonyl (C=O) groups excluding carboxylic acids is 2. The Morgan fingerprint density at radius 3 is 2.55 bits per heavy atom. The molecule has 1 aromatic carbocycles. The van der Waals surface area contributed by atoms with Gasteiger partial charge in [-0.05, 0) is 64.4 Å². The van der Waals surface area contributed by atoms with Gasteiger partial charge >= 0.3 is 0 Å². The summed E-state index contributed by atoms with van der Waals surface area (Å²) >= 11 is 3.39. The van der Waals surface area contributed by atoms with Crippen LogP contribution in [0.5, 0.6) is 0 Å². The maximum Gasteiger partial charge on any atom is 0.244 e. The quantitative estimate of drug-likeness (QED) is 0.768.